The van der Waals surface area contributed by atoms with Crippen molar-refractivity contribution < 1.29 is 3.79 Å². The summed E-state index contributed by atoms with van der Waals surface area (Å²) in [6, 6.07) is 0. The lowest BCUT2D eigenvalue weighted by Gasteiger charge is -2.46. The van der Waals surface area contributed by atoms with E-state index in [1.807, 2.05) is 0 Å². The molecule has 1 nitrogen and oxygen atoms in total. The van der Waals surface area contributed by atoms with Crippen molar-refractivity contribution in [3.63, 3.8) is 0 Å². The van der Waals surface area contributed by atoms with Gasteiger partial charge in [-0.05, 0) is 66.6 Å². The Kier molecular flexibility index (Phi) is 10.5. The Balaban J connectivity index is 2.92. The molecule has 30 heavy (non-hydrogen) atoms. The summed E-state index contributed by atoms with van der Waals surface area (Å²) in [7, 11) is 0. The molecule has 1 rings (SSSR count). The Morgan fingerprint density at radius 2 is 1.10 bits per heavy atom. The molecule has 1 aliphatic heterocycles. The van der Waals surface area contributed by atoms with E-state index in [2.05, 4.69) is 83.1 Å². The van der Waals surface area contributed by atoms with Crippen LogP contribution in [-0.2, 0) is 3.79 Å². The SMILES string of the molecule is CC([CH2][Al]1[CH2]CCC(CC(C)CC(C)(C)C)(CC(C)CC(C)(C)C)[O]1)CC(C)(C)C. The maximum atomic E-state index is 7.27. The van der Waals surface area contributed by atoms with Crippen molar-refractivity contribution in [3.8, 4) is 0 Å². The third-order valence-corrected chi connectivity index (χ3v) is 9.78. The second-order valence-corrected chi connectivity index (χ2v) is 17.6. The zero-order valence-corrected chi connectivity index (χ0v) is 24.2. The van der Waals surface area contributed by atoms with Gasteiger partial charge in [-0.3, -0.25) is 0 Å². The van der Waals surface area contributed by atoms with Gasteiger partial charge in [0.05, 0.1) is 0 Å². The van der Waals surface area contributed by atoms with Crippen LogP contribution in [0.25, 0.3) is 0 Å². The molecule has 0 saturated carbocycles. The van der Waals surface area contributed by atoms with Gasteiger partial charge < -0.3 is 3.79 Å². The predicted molar refractivity (Wildman–Crippen MR) is 137 cm³/mol. The highest BCUT2D eigenvalue weighted by Crippen LogP contribution is 2.44. The van der Waals surface area contributed by atoms with Crippen molar-refractivity contribution in [1.29, 1.82) is 0 Å². The molecule has 0 radical (unpaired) electrons. The molecule has 0 amide bonds. The summed E-state index contributed by atoms with van der Waals surface area (Å²) in [5, 5.41) is 2.78. The minimum absolute atomic E-state index is 0.159. The molecule has 0 aromatic heterocycles. The average molecular weight is 437 g/mol. The first kappa shape index (κ1) is 28.5. The van der Waals surface area contributed by atoms with Crippen LogP contribution in [0.3, 0.4) is 0 Å². The molecule has 0 N–H and O–H groups in total. The first-order valence-corrected chi connectivity index (χ1v) is 15.2. The van der Waals surface area contributed by atoms with Crippen LogP contribution in [0, 0.1) is 34.0 Å². The highest BCUT2D eigenvalue weighted by Gasteiger charge is 2.42. The zero-order valence-electron chi connectivity index (χ0n) is 23.1. The number of rotatable bonds is 9. The summed E-state index contributed by atoms with van der Waals surface area (Å²) in [5.74, 6) is 2.29. The Bertz CT molecular complexity index is 466. The maximum Gasteiger partial charge on any atom is 0.461 e. The van der Waals surface area contributed by atoms with Gasteiger partial charge in [-0.25, -0.2) is 0 Å². The van der Waals surface area contributed by atoms with Gasteiger partial charge in [-0.15, -0.1) is 0 Å². The van der Waals surface area contributed by atoms with Crippen LogP contribution < -0.4 is 0 Å². The number of hydrogen-bond donors (Lipinski definition) is 0. The van der Waals surface area contributed by atoms with Crippen molar-refractivity contribution in [2.75, 3.05) is 0 Å². The summed E-state index contributed by atoms with van der Waals surface area (Å²) < 4.78 is 7.27. The van der Waals surface area contributed by atoms with Crippen LogP contribution in [-0.4, -0.2) is 20.1 Å². The van der Waals surface area contributed by atoms with Crippen molar-refractivity contribution in [2.45, 2.75) is 144 Å². The van der Waals surface area contributed by atoms with E-state index in [0.717, 1.165) is 17.8 Å². The van der Waals surface area contributed by atoms with Gasteiger partial charge in [0.2, 0.25) is 0 Å². The average Bonchev–Trinajstić information content (AvgIpc) is 2.39. The largest absolute Gasteiger partial charge is 0.496 e. The highest BCUT2D eigenvalue weighted by molar-refractivity contribution is 6.52. The molecule has 0 spiro atoms. The van der Waals surface area contributed by atoms with E-state index in [0.29, 0.717) is 16.2 Å². The standard InChI is InChI=1S/C20H40O.C8H17.Al/c1-10-11-20(21,14-16(2)12-18(4,5)6)15-17(3)13-19(7,8)9;1-7(2)6-8(3,4)5;/h16-17H,1,10-15H2,2-9H3;7H,1,6H2,2-5H3;/q-1;;+1. The van der Waals surface area contributed by atoms with Crippen molar-refractivity contribution in [2.24, 2.45) is 34.0 Å². The van der Waals surface area contributed by atoms with Crippen molar-refractivity contribution >= 4 is 14.5 Å². The molecule has 1 saturated heterocycles. The van der Waals surface area contributed by atoms with E-state index in [-0.39, 0.29) is 5.60 Å². The molecule has 2 heteroatoms. The molecule has 0 aromatic carbocycles. The van der Waals surface area contributed by atoms with Crippen LogP contribution >= 0.6 is 0 Å². The van der Waals surface area contributed by atoms with Gasteiger partial charge in [-0.2, -0.15) is 0 Å². The third-order valence-electron chi connectivity index (χ3n) is 6.56. The van der Waals surface area contributed by atoms with Crippen LogP contribution in [0.15, 0.2) is 0 Å². The minimum atomic E-state index is -1.12. The minimum Gasteiger partial charge on any atom is -0.496 e. The second kappa shape index (κ2) is 11.1. The Labute approximate surface area is 196 Å². The summed E-state index contributed by atoms with van der Waals surface area (Å²) in [6.07, 6.45) is 9.19. The Hall–Kier alpha value is 0.492. The molecular formula is C28H57AlO. The van der Waals surface area contributed by atoms with Crippen molar-refractivity contribution in [3.05, 3.63) is 0 Å². The Morgan fingerprint density at radius 3 is 1.50 bits per heavy atom. The van der Waals surface area contributed by atoms with Crippen LogP contribution in [0.1, 0.15) is 128 Å². The fourth-order valence-corrected chi connectivity index (χ4v) is 9.95. The highest BCUT2D eigenvalue weighted by atomic mass is 27.2. The van der Waals surface area contributed by atoms with Crippen LogP contribution in [0.2, 0.25) is 10.6 Å². The summed E-state index contributed by atoms with van der Waals surface area (Å²) in [5.41, 5.74) is 1.41. The van der Waals surface area contributed by atoms with Crippen LogP contribution in [0.5, 0.6) is 0 Å². The molecular weight excluding hydrogens is 379 g/mol. The quantitative estimate of drug-likeness (QED) is 0.327. The van der Waals surface area contributed by atoms with E-state index in [1.165, 1.54) is 55.5 Å². The van der Waals surface area contributed by atoms with Gasteiger partial charge in [0.1, 0.15) is 0 Å². The van der Waals surface area contributed by atoms with Crippen LogP contribution in [0.4, 0.5) is 0 Å². The molecule has 0 bridgehead atoms. The first-order chi connectivity index (χ1) is 13.4. The zero-order chi connectivity index (χ0) is 23.4. The lowest BCUT2D eigenvalue weighted by atomic mass is 9.74. The lowest BCUT2D eigenvalue weighted by molar-refractivity contribution is -0.0106. The molecule has 1 aliphatic rings. The topological polar surface area (TPSA) is 9.23 Å². The monoisotopic (exact) mass is 436 g/mol. The summed E-state index contributed by atoms with van der Waals surface area (Å²) in [6.45, 7) is 29.0. The molecule has 178 valence electrons. The fraction of sp³-hybridized carbons (Fsp3) is 1.00. The Morgan fingerprint density at radius 1 is 0.700 bits per heavy atom. The molecule has 3 unspecified atom stereocenters. The maximum absolute atomic E-state index is 7.27. The van der Waals surface area contributed by atoms with Gasteiger partial charge in [0.15, 0.2) is 0 Å². The first-order valence-electron chi connectivity index (χ1n) is 13.1. The summed E-state index contributed by atoms with van der Waals surface area (Å²) >= 11 is -1.12. The molecule has 1 fully saturated rings. The van der Waals surface area contributed by atoms with E-state index in [9.17, 15) is 0 Å². The molecule has 0 aromatic rings. The predicted octanol–water partition coefficient (Wildman–Crippen LogP) is 9.52. The van der Waals surface area contributed by atoms with E-state index >= 15 is 0 Å². The second-order valence-electron chi connectivity index (χ2n) is 15.1. The van der Waals surface area contributed by atoms with Gasteiger partial charge in [0.25, 0.3) is 0 Å². The van der Waals surface area contributed by atoms with Gasteiger partial charge in [-0.1, -0.05) is 106 Å². The van der Waals surface area contributed by atoms with Crippen molar-refractivity contribution in [1.82, 2.24) is 0 Å². The smallest absolute Gasteiger partial charge is 0.461 e. The van der Waals surface area contributed by atoms with E-state index in [1.54, 1.807) is 0 Å². The third kappa shape index (κ3) is 12.5. The molecule has 0 aliphatic carbocycles. The normalized spacial score (nSPS) is 24.6. The lowest BCUT2D eigenvalue weighted by Crippen LogP contribution is -2.46. The fourth-order valence-electron chi connectivity index (χ4n) is 6.76. The number of hydrogen-bond acceptors (Lipinski definition) is 1. The van der Waals surface area contributed by atoms with Gasteiger partial charge >= 0.3 is 14.5 Å². The molecule has 1 heterocycles. The van der Waals surface area contributed by atoms with E-state index in [4.69, 9.17) is 3.79 Å². The molecule has 3 atom stereocenters. The summed E-state index contributed by atoms with van der Waals surface area (Å²) in [4.78, 5) is 0. The van der Waals surface area contributed by atoms with Gasteiger partial charge in [0, 0.05) is 5.60 Å². The van der Waals surface area contributed by atoms with E-state index < -0.39 is 14.5 Å².